The van der Waals surface area contributed by atoms with Crippen LogP contribution < -0.4 is 0 Å². The first-order valence-electron chi connectivity index (χ1n) is 7.20. The van der Waals surface area contributed by atoms with Crippen LogP contribution in [-0.4, -0.2) is 10.8 Å². The van der Waals surface area contributed by atoms with Gasteiger partial charge in [0.05, 0.1) is 5.69 Å². The summed E-state index contributed by atoms with van der Waals surface area (Å²) in [6.07, 6.45) is 1.43. The first-order chi connectivity index (χ1) is 12.1. The van der Waals surface area contributed by atoms with E-state index in [1.54, 1.807) is 17.5 Å². The Bertz CT molecular complexity index is 986. The molecule has 1 heterocycles. The lowest BCUT2D eigenvalue weighted by atomic mass is 10.0. The van der Waals surface area contributed by atoms with E-state index in [0.29, 0.717) is 10.7 Å². The van der Waals surface area contributed by atoms with E-state index in [1.807, 2.05) is 18.2 Å². The molecule has 0 saturated heterocycles. The zero-order valence-corrected chi connectivity index (χ0v) is 14.3. The van der Waals surface area contributed by atoms with Gasteiger partial charge in [0.25, 0.3) is 0 Å². The average molecular weight is 369 g/mol. The van der Waals surface area contributed by atoms with Crippen molar-refractivity contribution < 1.29 is 9.18 Å². The van der Waals surface area contributed by atoms with Crippen LogP contribution >= 0.6 is 22.9 Å². The Morgan fingerprint density at radius 1 is 1.16 bits per heavy atom. The SMILES string of the molecule is N#C/C(=C\c1csc(-c2ccc(Cl)cc2)n1)C(=O)c1ccc(F)cc1. The quantitative estimate of drug-likeness (QED) is 0.352. The highest BCUT2D eigenvalue weighted by Crippen LogP contribution is 2.26. The van der Waals surface area contributed by atoms with Crippen molar-refractivity contribution in [3.63, 3.8) is 0 Å². The molecule has 0 aliphatic rings. The van der Waals surface area contributed by atoms with Crippen molar-refractivity contribution in [1.82, 2.24) is 4.98 Å². The van der Waals surface area contributed by atoms with Gasteiger partial charge in [0.15, 0.2) is 0 Å². The van der Waals surface area contributed by atoms with E-state index in [1.165, 1.54) is 41.7 Å². The van der Waals surface area contributed by atoms with Gasteiger partial charge in [-0.25, -0.2) is 9.37 Å². The van der Waals surface area contributed by atoms with E-state index in [-0.39, 0.29) is 11.1 Å². The highest BCUT2D eigenvalue weighted by atomic mass is 35.5. The first kappa shape index (κ1) is 17.0. The number of nitrogens with zero attached hydrogens (tertiary/aromatic N) is 2. The fraction of sp³-hybridized carbons (Fsp3) is 0. The molecule has 3 nitrogen and oxygen atoms in total. The second-order valence-corrected chi connectivity index (χ2v) is 6.38. The van der Waals surface area contributed by atoms with Gasteiger partial charge in [-0.2, -0.15) is 5.26 Å². The molecule has 2 aromatic carbocycles. The third-order valence-electron chi connectivity index (χ3n) is 3.38. The van der Waals surface area contributed by atoms with Crippen LogP contribution in [0.1, 0.15) is 16.1 Å². The third kappa shape index (κ3) is 4.00. The normalized spacial score (nSPS) is 11.2. The largest absolute Gasteiger partial charge is 0.288 e. The molecule has 0 radical (unpaired) electrons. The number of halogens is 2. The van der Waals surface area contributed by atoms with Gasteiger partial charge in [-0.3, -0.25) is 4.79 Å². The van der Waals surface area contributed by atoms with Crippen LogP contribution in [-0.2, 0) is 0 Å². The van der Waals surface area contributed by atoms with Crippen molar-refractivity contribution in [2.24, 2.45) is 0 Å². The molecule has 122 valence electrons. The summed E-state index contributed by atoms with van der Waals surface area (Å²) in [5.41, 5.74) is 1.61. The minimum atomic E-state index is -0.469. The van der Waals surface area contributed by atoms with Gasteiger partial charge < -0.3 is 0 Å². The Balaban J connectivity index is 1.88. The summed E-state index contributed by atoms with van der Waals surface area (Å²) in [5.74, 6) is -0.908. The standard InChI is InChI=1S/C19H10ClFN2OS/c20-15-5-1-13(2-6-15)19-23-17(11-25-19)9-14(10-22)18(24)12-3-7-16(21)8-4-12/h1-9,11H/b14-9+. The molecule has 0 fully saturated rings. The van der Waals surface area contributed by atoms with Crippen molar-refractivity contribution in [3.05, 3.63) is 81.6 Å². The van der Waals surface area contributed by atoms with Gasteiger partial charge in [-0.05, 0) is 42.5 Å². The maximum atomic E-state index is 13.0. The molecule has 0 aliphatic heterocycles. The predicted octanol–water partition coefficient (Wildman–Crippen LogP) is 5.39. The minimum Gasteiger partial charge on any atom is -0.288 e. The summed E-state index contributed by atoms with van der Waals surface area (Å²) < 4.78 is 13.0. The van der Waals surface area contributed by atoms with Crippen molar-refractivity contribution in [2.45, 2.75) is 0 Å². The molecule has 0 unspecified atom stereocenters. The summed E-state index contributed by atoms with van der Waals surface area (Å²) in [5, 5.41) is 12.4. The maximum absolute atomic E-state index is 13.0. The molecule has 3 rings (SSSR count). The molecule has 0 bridgehead atoms. The van der Waals surface area contributed by atoms with Crippen molar-refractivity contribution in [1.29, 1.82) is 5.26 Å². The fourth-order valence-electron chi connectivity index (χ4n) is 2.13. The average Bonchev–Trinajstić information content (AvgIpc) is 3.09. The topological polar surface area (TPSA) is 53.8 Å². The van der Waals surface area contributed by atoms with E-state index >= 15 is 0 Å². The zero-order valence-electron chi connectivity index (χ0n) is 12.7. The highest BCUT2D eigenvalue weighted by Gasteiger charge is 2.13. The number of carbonyl (C=O) groups excluding carboxylic acids is 1. The molecule has 0 aliphatic carbocycles. The lowest BCUT2D eigenvalue weighted by molar-refractivity contribution is 0.104. The Labute approximate surface area is 152 Å². The molecule has 0 saturated carbocycles. The van der Waals surface area contributed by atoms with Gasteiger partial charge in [0.1, 0.15) is 22.5 Å². The summed E-state index contributed by atoms with van der Waals surface area (Å²) in [4.78, 5) is 16.8. The van der Waals surface area contributed by atoms with Crippen LogP contribution in [0.2, 0.25) is 5.02 Å². The molecule has 0 N–H and O–H groups in total. The van der Waals surface area contributed by atoms with Crippen LogP contribution in [0.25, 0.3) is 16.6 Å². The Kier molecular flexibility index (Phi) is 5.03. The zero-order chi connectivity index (χ0) is 17.8. The van der Waals surface area contributed by atoms with Crippen molar-refractivity contribution in [3.8, 4) is 16.6 Å². The number of thiazole rings is 1. The molecular formula is C19H10ClFN2OS. The van der Waals surface area contributed by atoms with Crippen molar-refractivity contribution in [2.75, 3.05) is 0 Å². The number of benzene rings is 2. The molecule has 0 amide bonds. The van der Waals surface area contributed by atoms with Crippen LogP contribution in [0.5, 0.6) is 0 Å². The predicted molar refractivity (Wildman–Crippen MR) is 96.9 cm³/mol. The van der Waals surface area contributed by atoms with Gasteiger partial charge in [-0.15, -0.1) is 11.3 Å². The molecule has 1 aromatic heterocycles. The second kappa shape index (κ2) is 7.39. The number of carbonyl (C=O) groups is 1. The lowest BCUT2D eigenvalue weighted by Crippen LogP contribution is -2.02. The Morgan fingerprint density at radius 2 is 1.84 bits per heavy atom. The number of aromatic nitrogens is 1. The summed E-state index contributed by atoms with van der Waals surface area (Å²) in [6, 6.07) is 14.2. The summed E-state index contributed by atoms with van der Waals surface area (Å²) >= 11 is 7.27. The molecule has 25 heavy (non-hydrogen) atoms. The number of allylic oxidation sites excluding steroid dienone is 1. The molecule has 3 aromatic rings. The molecule has 0 spiro atoms. The monoisotopic (exact) mass is 368 g/mol. The summed E-state index contributed by atoms with van der Waals surface area (Å²) in [7, 11) is 0. The first-order valence-corrected chi connectivity index (χ1v) is 8.46. The van der Waals surface area contributed by atoms with Gasteiger partial charge in [0.2, 0.25) is 5.78 Å². The van der Waals surface area contributed by atoms with Crippen molar-refractivity contribution >= 4 is 34.8 Å². The number of nitriles is 1. The van der Waals surface area contributed by atoms with Gasteiger partial charge in [-0.1, -0.05) is 23.7 Å². The minimum absolute atomic E-state index is 0.0560. The van der Waals surface area contributed by atoms with E-state index in [9.17, 15) is 14.4 Å². The number of hydrogen-bond donors (Lipinski definition) is 0. The van der Waals surface area contributed by atoms with E-state index < -0.39 is 11.6 Å². The van der Waals surface area contributed by atoms with Crippen LogP contribution in [0.15, 0.2) is 59.5 Å². The van der Waals surface area contributed by atoms with Gasteiger partial charge >= 0.3 is 0 Å². The van der Waals surface area contributed by atoms with E-state index in [2.05, 4.69) is 4.98 Å². The molecular weight excluding hydrogens is 359 g/mol. The maximum Gasteiger partial charge on any atom is 0.203 e. The lowest BCUT2D eigenvalue weighted by Gasteiger charge is -1.99. The summed E-state index contributed by atoms with van der Waals surface area (Å²) in [6.45, 7) is 0. The fourth-order valence-corrected chi connectivity index (χ4v) is 3.04. The highest BCUT2D eigenvalue weighted by molar-refractivity contribution is 7.13. The van der Waals surface area contributed by atoms with Crippen LogP contribution in [0, 0.1) is 17.1 Å². The molecule has 0 atom stereocenters. The molecule has 6 heteroatoms. The number of Topliss-reactive ketones (excluding diaryl/α,β-unsaturated/α-hetero) is 1. The van der Waals surface area contributed by atoms with Gasteiger partial charge in [0, 0.05) is 21.5 Å². The number of rotatable bonds is 4. The number of ketones is 1. The van der Waals surface area contributed by atoms with Crippen LogP contribution in [0.3, 0.4) is 0 Å². The van der Waals surface area contributed by atoms with E-state index in [0.717, 1.165) is 10.6 Å². The third-order valence-corrected chi connectivity index (χ3v) is 4.54. The Hall–Kier alpha value is -2.81. The number of hydrogen-bond acceptors (Lipinski definition) is 4. The van der Waals surface area contributed by atoms with Crippen LogP contribution in [0.4, 0.5) is 4.39 Å². The second-order valence-electron chi connectivity index (χ2n) is 5.09. The van der Waals surface area contributed by atoms with E-state index in [4.69, 9.17) is 11.6 Å². The smallest absolute Gasteiger partial charge is 0.203 e. The Morgan fingerprint density at radius 3 is 2.48 bits per heavy atom.